The molecular formula is C25H31N5O. The molecule has 1 fully saturated rings. The highest BCUT2D eigenvalue weighted by Gasteiger charge is 2.20. The van der Waals surface area contributed by atoms with E-state index < -0.39 is 0 Å². The number of rotatable bonds is 7. The van der Waals surface area contributed by atoms with Crippen LogP contribution in [0.5, 0.6) is 0 Å². The minimum absolute atomic E-state index is 0.0832. The Labute approximate surface area is 184 Å². The van der Waals surface area contributed by atoms with Crippen LogP contribution in [0.3, 0.4) is 0 Å². The fraction of sp³-hybridized carbons (Fsp3) is 0.400. The van der Waals surface area contributed by atoms with E-state index in [0.717, 1.165) is 67.7 Å². The zero-order chi connectivity index (χ0) is 21.6. The summed E-state index contributed by atoms with van der Waals surface area (Å²) in [6, 6.07) is 15.8. The number of carbonyl (C=O) groups excluding carboxylic acids is 1. The number of hydrogen-bond acceptors (Lipinski definition) is 5. The predicted molar refractivity (Wildman–Crippen MR) is 125 cm³/mol. The van der Waals surface area contributed by atoms with Gasteiger partial charge in [-0.3, -0.25) is 4.79 Å². The van der Waals surface area contributed by atoms with Crippen molar-refractivity contribution in [2.75, 3.05) is 45.8 Å². The SMILES string of the molecule is CCN1CCN(CCCNC(=O)c2c(-c3ccccc3)nnc3ccc(C)cc23)CC1. The monoisotopic (exact) mass is 417 g/mol. The number of aryl methyl sites for hydroxylation is 1. The van der Waals surface area contributed by atoms with Crippen molar-refractivity contribution in [3.63, 3.8) is 0 Å². The van der Waals surface area contributed by atoms with Crippen LogP contribution in [-0.2, 0) is 0 Å². The second-order valence-electron chi connectivity index (χ2n) is 8.20. The maximum Gasteiger partial charge on any atom is 0.254 e. The second kappa shape index (κ2) is 9.98. The summed E-state index contributed by atoms with van der Waals surface area (Å²) in [5.74, 6) is -0.0832. The van der Waals surface area contributed by atoms with Crippen LogP contribution < -0.4 is 5.32 Å². The average molecular weight is 418 g/mol. The van der Waals surface area contributed by atoms with Gasteiger partial charge in [0.1, 0.15) is 5.69 Å². The zero-order valence-electron chi connectivity index (χ0n) is 18.5. The fourth-order valence-electron chi connectivity index (χ4n) is 4.17. The summed E-state index contributed by atoms with van der Waals surface area (Å²) in [6.07, 6.45) is 0.938. The summed E-state index contributed by atoms with van der Waals surface area (Å²) in [5.41, 5.74) is 3.98. The van der Waals surface area contributed by atoms with Gasteiger partial charge in [-0.25, -0.2) is 0 Å². The lowest BCUT2D eigenvalue weighted by Gasteiger charge is -2.33. The first kappa shape index (κ1) is 21.4. The third-order valence-electron chi connectivity index (χ3n) is 6.04. The molecule has 2 heterocycles. The van der Waals surface area contributed by atoms with Gasteiger partial charge in [-0.2, -0.15) is 0 Å². The molecule has 162 valence electrons. The number of nitrogens with one attached hydrogen (secondary N) is 1. The molecule has 1 N–H and O–H groups in total. The van der Waals surface area contributed by atoms with Gasteiger partial charge in [0.25, 0.3) is 5.91 Å². The van der Waals surface area contributed by atoms with Gasteiger partial charge in [0.2, 0.25) is 0 Å². The van der Waals surface area contributed by atoms with E-state index in [2.05, 4.69) is 32.2 Å². The van der Waals surface area contributed by atoms with Crippen molar-refractivity contribution in [3.05, 3.63) is 59.7 Å². The number of aromatic nitrogens is 2. The van der Waals surface area contributed by atoms with E-state index in [0.29, 0.717) is 17.8 Å². The van der Waals surface area contributed by atoms with Gasteiger partial charge in [-0.1, -0.05) is 48.9 Å². The van der Waals surface area contributed by atoms with E-state index in [1.165, 1.54) is 0 Å². The lowest BCUT2D eigenvalue weighted by molar-refractivity contribution is 0.0950. The Bertz CT molecular complexity index is 1030. The smallest absolute Gasteiger partial charge is 0.254 e. The van der Waals surface area contributed by atoms with Crippen molar-refractivity contribution < 1.29 is 4.79 Å². The minimum Gasteiger partial charge on any atom is -0.352 e. The lowest BCUT2D eigenvalue weighted by Crippen LogP contribution is -2.46. The number of amides is 1. The number of piperazine rings is 1. The van der Waals surface area contributed by atoms with E-state index in [9.17, 15) is 4.79 Å². The molecule has 1 aromatic heterocycles. The maximum atomic E-state index is 13.3. The second-order valence-corrected chi connectivity index (χ2v) is 8.20. The van der Waals surface area contributed by atoms with Crippen molar-refractivity contribution in [2.45, 2.75) is 20.3 Å². The first-order valence-electron chi connectivity index (χ1n) is 11.2. The molecular weight excluding hydrogens is 386 g/mol. The highest BCUT2D eigenvalue weighted by Crippen LogP contribution is 2.27. The summed E-state index contributed by atoms with van der Waals surface area (Å²) in [5, 5.41) is 12.8. The van der Waals surface area contributed by atoms with Crippen LogP contribution in [0.1, 0.15) is 29.3 Å². The van der Waals surface area contributed by atoms with Crippen molar-refractivity contribution in [1.82, 2.24) is 25.3 Å². The molecule has 1 aliphatic rings. The van der Waals surface area contributed by atoms with Gasteiger partial charge in [-0.15, -0.1) is 10.2 Å². The molecule has 1 aliphatic heterocycles. The molecule has 6 heteroatoms. The minimum atomic E-state index is -0.0832. The molecule has 6 nitrogen and oxygen atoms in total. The molecule has 0 radical (unpaired) electrons. The Morgan fingerprint density at radius 2 is 1.74 bits per heavy atom. The number of fused-ring (bicyclic) bond motifs is 1. The van der Waals surface area contributed by atoms with Crippen molar-refractivity contribution >= 4 is 16.8 Å². The summed E-state index contributed by atoms with van der Waals surface area (Å²) in [4.78, 5) is 18.3. The van der Waals surface area contributed by atoms with E-state index >= 15 is 0 Å². The third kappa shape index (κ3) is 5.09. The fourth-order valence-corrected chi connectivity index (χ4v) is 4.17. The Morgan fingerprint density at radius 3 is 2.48 bits per heavy atom. The van der Waals surface area contributed by atoms with Crippen LogP contribution in [0.2, 0.25) is 0 Å². The van der Waals surface area contributed by atoms with Gasteiger partial charge in [0.05, 0.1) is 11.1 Å². The Kier molecular flexibility index (Phi) is 6.89. The maximum absolute atomic E-state index is 13.3. The van der Waals surface area contributed by atoms with Gasteiger partial charge in [0, 0.05) is 43.7 Å². The zero-order valence-corrected chi connectivity index (χ0v) is 18.5. The molecule has 0 bridgehead atoms. The van der Waals surface area contributed by atoms with Crippen LogP contribution in [0.15, 0.2) is 48.5 Å². The lowest BCUT2D eigenvalue weighted by atomic mass is 10.00. The largest absolute Gasteiger partial charge is 0.352 e. The van der Waals surface area contributed by atoms with Crippen LogP contribution in [0.4, 0.5) is 0 Å². The number of likely N-dealkylation sites (N-methyl/N-ethyl adjacent to an activating group) is 1. The van der Waals surface area contributed by atoms with Crippen molar-refractivity contribution in [2.24, 2.45) is 0 Å². The predicted octanol–water partition coefficient (Wildman–Crippen LogP) is 3.36. The molecule has 2 aromatic carbocycles. The number of carbonyl (C=O) groups is 1. The quantitative estimate of drug-likeness (QED) is 0.598. The normalized spacial score (nSPS) is 15.3. The highest BCUT2D eigenvalue weighted by atomic mass is 16.1. The Balaban J connectivity index is 1.48. The Morgan fingerprint density at radius 1 is 1.00 bits per heavy atom. The number of benzene rings is 2. The highest BCUT2D eigenvalue weighted by molar-refractivity contribution is 6.10. The number of nitrogens with zero attached hydrogens (tertiary/aromatic N) is 4. The molecule has 0 atom stereocenters. The summed E-state index contributed by atoms with van der Waals surface area (Å²) >= 11 is 0. The summed E-state index contributed by atoms with van der Waals surface area (Å²) in [7, 11) is 0. The molecule has 4 rings (SSSR count). The molecule has 0 unspecified atom stereocenters. The standard InChI is InChI=1S/C25H31N5O/c1-3-29-14-16-30(17-15-29)13-7-12-26-25(31)23-21-18-19(2)10-11-22(21)27-28-24(23)20-8-5-4-6-9-20/h4-6,8-11,18H,3,7,12-17H2,1-2H3,(H,26,31). The third-order valence-corrected chi connectivity index (χ3v) is 6.04. The first-order valence-corrected chi connectivity index (χ1v) is 11.2. The Hall–Kier alpha value is -2.83. The van der Waals surface area contributed by atoms with Crippen LogP contribution >= 0.6 is 0 Å². The van der Waals surface area contributed by atoms with Gasteiger partial charge in [0.15, 0.2) is 0 Å². The van der Waals surface area contributed by atoms with E-state index in [1.807, 2.05) is 55.5 Å². The van der Waals surface area contributed by atoms with Crippen molar-refractivity contribution in [3.8, 4) is 11.3 Å². The molecule has 0 saturated carbocycles. The van der Waals surface area contributed by atoms with Crippen LogP contribution in [-0.4, -0.2) is 71.7 Å². The topological polar surface area (TPSA) is 61.4 Å². The molecule has 31 heavy (non-hydrogen) atoms. The molecule has 1 amide bonds. The first-order chi connectivity index (χ1) is 15.2. The molecule has 3 aromatic rings. The molecule has 0 aliphatic carbocycles. The van der Waals surface area contributed by atoms with E-state index in [4.69, 9.17) is 0 Å². The van der Waals surface area contributed by atoms with Gasteiger partial charge < -0.3 is 15.1 Å². The van der Waals surface area contributed by atoms with Gasteiger partial charge >= 0.3 is 0 Å². The average Bonchev–Trinajstić information content (AvgIpc) is 2.81. The van der Waals surface area contributed by atoms with E-state index in [1.54, 1.807) is 0 Å². The molecule has 0 spiro atoms. The van der Waals surface area contributed by atoms with Crippen molar-refractivity contribution in [1.29, 1.82) is 0 Å². The number of hydrogen-bond donors (Lipinski definition) is 1. The molecule has 1 saturated heterocycles. The summed E-state index contributed by atoms with van der Waals surface area (Å²) < 4.78 is 0. The van der Waals surface area contributed by atoms with E-state index in [-0.39, 0.29) is 5.91 Å². The summed E-state index contributed by atoms with van der Waals surface area (Å²) in [6.45, 7) is 11.5. The van der Waals surface area contributed by atoms with Crippen LogP contribution in [0.25, 0.3) is 22.2 Å². The van der Waals surface area contributed by atoms with Crippen LogP contribution in [0, 0.1) is 6.92 Å². The van der Waals surface area contributed by atoms with Gasteiger partial charge in [-0.05, 0) is 38.6 Å².